The number of thioether (sulfide) groups is 1. The van der Waals surface area contributed by atoms with Crippen molar-refractivity contribution in [2.45, 2.75) is 44.3 Å². The van der Waals surface area contributed by atoms with Crippen molar-refractivity contribution in [1.29, 1.82) is 0 Å². The molecule has 2 aromatic rings. The van der Waals surface area contributed by atoms with Crippen LogP contribution in [0.2, 0.25) is 0 Å². The fraction of sp³-hybridized carbons (Fsp3) is 0.346. The molecule has 2 aliphatic rings. The van der Waals surface area contributed by atoms with Gasteiger partial charge in [0.1, 0.15) is 34.2 Å². The van der Waals surface area contributed by atoms with Crippen LogP contribution in [-0.4, -0.2) is 73.8 Å². The summed E-state index contributed by atoms with van der Waals surface area (Å²) in [6, 6.07) is 9.01. The molecule has 2 aromatic heterocycles. The molecule has 4 N–H and O–H groups in total. The number of carboxylic acid groups (broad SMARTS) is 1. The monoisotopic (exact) mass is 569 g/mol. The Kier molecular flexibility index (Phi) is 8.38. The molecule has 2 amide bonds. The SMILES string of the molecule is CC(C)(C)OC(=O)CO/N=C(\C(=O)NC1C(=O)N2C(C(=O)O)=C(C[n+]3ccccc3)CS[C@H]12)c1cccc(N)n1. The first-order valence-corrected chi connectivity index (χ1v) is 13.3. The lowest BCUT2D eigenvalue weighted by molar-refractivity contribution is -0.689. The Hall–Kier alpha value is -4.46. The average Bonchev–Trinajstić information content (AvgIpc) is 2.88. The number of aromatic nitrogens is 2. The number of carboxylic acids is 1. The Morgan fingerprint density at radius 3 is 2.60 bits per heavy atom. The molecule has 1 unspecified atom stereocenters. The Bertz CT molecular complexity index is 1390. The van der Waals surface area contributed by atoms with Gasteiger partial charge in [0.15, 0.2) is 24.7 Å². The maximum absolute atomic E-state index is 13.3. The molecule has 40 heavy (non-hydrogen) atoms. The van der Waals surface area contributed by atoms with E-state index in [2.05, 4.69) is 15.5 Å². The number of esters is 1. The summed E-state index contributed by atoms with van der Waals surface area (Å²) in [5.74, 6) is -2.85. The number of carbonyl (C=O) groups is 4. The van der Waals surface area contributed by atoms with Gasteiger partial charge in [0.05, 0.1) is 0 Å². The van der Waals surface area contributed by atoms with Gasteiger partial charge in [0.2, 0.25) is 6.61 Å². The number of oxime groups is 1. The lowest BCUT2D eigenvalue weighted by atomic mass is 10.0. The van der Waals surface area contributed by atoms with Gasteiger partial charge in [-0.2, -0.15) is 0 Å². The van der Waals surface area contributed by atoms with E-state index in [0.717, 1.165) is 0 Å². The molecule has 0 aromatic carbocycles. The van der Waals surface area contributed by atoms with Crippen molar-refractivity contribution in [1.82, 2.24) is 15.2 Å². The number of nitrogen functional groups attached to an aromatic ring is 1. The second-order valence-corrected chi connectivity index (χ2v) is 11.0. The minimum atomic E-state index is -1.23. The number of amides is 2. The van der Waals surface area contributed by atoms with Crippen molar-refractivity contribution in [3.8, 4) is 0 Å². The summed E-state index contributed by atoms with van der Waals surface area (Å²) in [6.45, 7) is 4.82. The summed E-state index contributed by atoms with van der Waals surface area (Å²) < 4.78 is 6.99. The van der Waals surface area contributed by atoms with Crippen LogP contribution in [0.25, 0.3) is 0 Å². The number of fused-ring (bicyclic) bond motifs is 1. The summed E-state index contributed by atoms with van der Waals surface area (Å²) in [4.78, 5) is 60.9. The normalized spacial score (nSPS) is 18.9. The maximum Gasteiger partial charge on any atom is 0.352 e. The van der Waals surface area contributed by atoms with Crippen LogP contribution in [-0.2, 0) is 35.3 Å². The van der Waals surface area contributed by atoms with E-state index in [-0.39, 0.29) is 22.9 Å². The Balaban J connectivity index is 1.51. The highest BCUT2D eigenvalue weighted by atomic mass is 32.2. The largest absolute Gasteiger partial charge is 0.477 e. The van der Waals surface area contributed by atoms with Gasteiger partial charge >= 0.3 is 11.9 Å². The van der Waals surface area contributed by atoms with Crippen LogP contribution in [0.5, 0.6) is 0 Å². The van der Waals surface area contributed by atoms with Gasteiger partial charge in [-0.15, -0.1) is 11.8 Å². The number of β-lactam (4-membered cyclic amide) rings is 1. The van der Waals surface area contributed by atoms with Crippen molar-refractivity contribution in [2.24, 2.45) is 5.16 Å². The van der Waals surface area contributed by atoms with Gasteiger partial charge in [-0.1, -0.05) is 17.3 Å². The fourth-order valence-electron chi connectivity index (χ4n) is 4.08. The number of rotatable bonds is 9. The smallest absolute Gasteiger partial charge is 0.352 e. The number of aliphatic carboxylic acids is 1. The van der Waals surface area contributed by atoms with E-state index in [1.165, 1.54) is 28.8 Å². The molecule has 4 rings (SSSR count). The third-order valence-corrected chi connectivity index (χ3v) is 7.01. The van der Waals surface area contributed by atoms with Gasteiger partial charge < -0.3 is 25.7 Å². The molecule has 0 radical (unpaired) electrons. The molecule has 14 heteroatoms. The predicted octanol–water partition coefficient (Wildman–Crippen LogP) is 0.453. The van der Waals surface area contributed by atoms with E-state index < -0.39 is 47.4 Å². The van der Waals surface area contributed by atoms with Crippen LogP contribution >= 0.6 is 11.8 Å². The van der Waals surface area contributed by atoms with Gasteiger partial charge in [-0.05, 0) is 32.9 Å². The highest BCUT2D eigenvalue weighted by Gasteiger charge is 2.54. The van der Waals surface area contributed by atoms with Crippen molar-refractivity contribution in [3.63, 3.8) is 0 Å². The summed E-state index contributed by atoms with van der Waals surface area (Å²) >= 11 is 1.34. The molecule has 1 saturated heterocycles. The summed E-state index contributed by atoms with van der Waals surface area (Å²) in [5.41, 5.74) is 5.23. The molecule has 13 nitrogen and oxygen atoms in total. The van der Waals surface area contributed by atoms with Gasteiger partial charge in [-0.3, -0.25) is 14.5 Å². The van der Waals surface area contributed by atoms with Crippen molar-refractivity contribution in [3.05, 3.63) is 65.8 Å². The predicted molar refractivity (Wildman–Crippen MR) is 143 cm³/mol. The average molecular weight is 570 g/mol. The number of carbonyl (C=O) groups excluding carboxylic acids is 3. The first-order chi connectivity index (χ1) is 18.9. The second kappa shape index (κ2) is 11.7. The molecule has 0 aliphatic carbocycles. The number of pyridine rings is 2. The number of nitrogens with two attached hydrogens (primary N) is 1. The zero-order chi connectivity index (χ0) is 29.0. The highest BCUT2D eigenvalue weighted by molar-refractivity contribution is 8.00. The van der Waals surface area contributed by atoms with Crippen LogP contribution in [0.15, 0.2) is 65.2 Å². The molecule has 0 bridgehead atoms. The molecule has 0 saturated carbocycles. The first kappa shape index (κ1) is 28.5. The van der Waals surface area contributed by atoms with Crippen molar-refractivity contribution in [2.75, 3.05) is 18.1 Å². The van der Waals surface area contributed by atoms with Crippen molar-refractivity contribution >= 4 is 47.0 Å². The minimum Gasteiger partial charge on any atom is -0.477 e. The summed E-state index contributed by atoms with van der Waals surface area (Å²) in [7, 11) is 0. The molecular weight excluding hydrogens is 540 g/mol. The molecule has 2 atom stereocenters. The van der Waals surface area contributed by atoms with Crippen LogP contribution in [0.1, 0.15) is 26.5 Å². The standard InChI is InChI=1S/C26H28N6O7S/c1-26(2,3)39-18(33)13-38-30-19(16-8-7-9-17(27)28-16)22(34)29-20-23(35)32-21(25(36)37)15(14-40-24(20)32)12-31-10-5-4-6-11-31/h4-11,20,24H,12-14H2,1-3H3,(H3-,27,28,29,34,36,37)/p+1/b30-19-/t20?,24-/m1/s1. The number of nitrogens with one attached hydrogen (secondary N) is 1. The number of hydrogen-bond donors (Lipinski definition) is 3. The van der Waals surface area contributed by atoms with Crippen LogP contribution in [0.3, 0.4) is 0 Å². The number of hydrogen-bond acceptors (Lipinski definition) is 10. The second-order valence-electron chi connectivity index (χ2n) is 9.91. The van der Waals surface area contributed by atoms with E-state index in [4.69, 9.17) is 15.3 Å². The Morgan fingerprint density at radius 1 is 1.23 bits per heavy atom. The zero-order valence-electron chi connectivity index (χ0n) is 22.1. The lowest BCUT2D eigenvalue weighted by Crippen LogP contribution is -2.71. The first-order valence-electron chi connectivity index (χ1n) is 12.2. The van der Waals surface area contributed by atoms with Gasteiger partial charge in [0, 0.05) is 23.5 Å². The summed E-state index contributed by atoms with van der Waals surface area (Å²) in [5, 5.41) is 15.7. The Labute approximate surface area is 234 Å². The van der Waals surface area contributed by atoms with Crippen LogP contribution < -0.4 is 15.6 Å². The van der Waals surface area contributed by atoms with E-state index >= 15 is 0 Å². The molecule has 4 heterocycles. The fourth-order valence-corrected chi connectivity index (χ4v) is 5.42. The number of nitrogens with zero attached hydrogens (tertiary/aromatic N) is 4. The van der Waals surface area contributed by atoms with Gasteiger partial charge in [0.25, 0.3) is 11.8 Å². The minimum absolute atomic E-state index is 0.0508. The molecule has 2 aliphatic heterocycles. The highest BCUT2D eigenvalue weighted by Crippen LogP contribution is 2.40. The molecule has 1 fully saturated rings. The maximum atomic E-state index is 13.3. The lowest BCUT2D eigenvalue weighted by Gasteiger charge is -2.49. The van der Waals surface area contributed by atoms with E-state index in [9.17, 15) is 24.3 Å². The topological polar surface area (TPSA) is 177 Å². The van der Waals surface area contributed by atoms with E-state index in [1.807, 2.05) is 22.8 Å². The summed E-state index contributed by atoms with van der Waals surface area (Å²) in [6.07, 6.45) is 3.61. The molecule has 210 valence electrons. The zero-order valence-corrected chi connectivity index (χ0v) is 22.9. The molecular formula is C26H29N6O7S+. The number of anilines is 1. The van der Waals surface area contributed by atoms with Crippen molar-refractivity contribution < 1.29 is 38.4 Å². The van der Waals surface area contributed by atoms with E-state index in [1.54, 1.807) is 39.2 Å². The third kappa shape index (κ3) is 6.57. The Morgan fingerprint density at radius 2 is 1.95 bits per heavy atom. The van der Waals surface area contributed by atoms with E-state index in [0.29, 0.717) is 17.9 Å². The quantitative estimate of drug-likeness (QED) is 0.126. The number of ether oxygens (including phenoxy) is 1. The third-order valence-electron chi connectivity index (χ3n) is 5.67. The molecule has 0 spiro atoms. The van der Waals surface area contributed by atoms with Crippen LogP contribution in [0, 0.1) is 0 Å². The van der Waals surface area contributed by atoms with Gasteiger partial charge in [-0.25, -0.2) is 19.1 Å². The van der Waals surface area contributed by atoms with Crippen LogP contribution in [0.4, 0.5) is 5.82 Å².